The van der Waals surface area contributed by atoms with Crippen molar-refractivity contribution < 1.29 is 9.66 Å². The molecule has 1 unspecified atom stereocenters. The summed E-state index contributed by atoms with van der Waals surface area (Å²) in [6, 6.07) is 0.0528. The molecule has 2 heterocycles. The van der Waals surface area contributed by atoms with Crippen molar-refractivity contribution in [2.45, 2.75) is 13.0 Å². The zero-order chi connectivity index (χ0) is 13.1. The van der Waals surface area contributed by atoms with Crippen molar-refractivity contribution in [2.75, 3.05) is 37.0 Å². The van der Waals surface area contributed by atoms with E-state index in [0.717, 1.165) is 0 Å². The van der Waals surface area contributed by atoms with E-state index < -0.39 is 4.92 Å². The molecule has 0 bridgehead atoms. The first kappa shape index (κ1) is 12.5. The van der Waals surface area contributed by atoms with Crippen molar-refractivity contribution >= 4 is 17.3 Å². The van der Waals surface area contributed by atoms with Crippen LogP contribution in [0.2, 0.25) is 0 Å². The normalized spacial score (nSPS) is 19.7. The van der Waals surface area contributed by atoms with Crippen molar-refractivity contribution in [3.63, 3.8) is 0 Å². The predicted octanol–water partition coefficient (Wildman–Crippen LogP) is 0.652. The van der Waals surface area contributed by atoms with Crippen LogP contribution in [-0.2, 0) is 4.74 Å². The molecular formula is C10H15N5O3. The van der Waals surface area contributed by atoms with Gasteiger partial charge in [-0.2, -0.15) is 0 Å². The first-order valence-corrected chi connectivity index (χ1v) is 5.66. The number of anilines is 2. The Morgan fingerprint density at radius 1 is 1.61 bits per heavy atom. The second-order valence-electron chi connectivity index (χ2n) is 4.02. The summed E-state index contributed by atoms with van der Waals surface area (Å²) in [5, 5.41) is 13.9. The van der Waals surface area contributed by atoms with E-state index in [1.54, 1.807) is 7.05 Å². The Hall–Kier alpha value is -1.96. The first-order chi connectivity index (χ1) is 8.65. The molecule has 98 valence electrons. The van der Waals surface area contributed by atoms with Crippen LogP contribution in [0.1, 0.15) is 6.92 Å². The summed E-state index contributed by atoms with van der Waals surface area (Å²) in [5.41, 5.74) is -0.0891. The standard InChI is InChI=1S/C10H15N5O3/c1-7-5-18-4-3-14(7)10-8(15(16)17)9(11-2)12-6-13-10/h6-7H,3-5H2,1-2H3,(H,11,12,13). The monoisotopic (exact) mass is 253 g/mol. The number of aromatic nitrogens is 2. The maximum atomic E-state index is 11.2. The number of rotatable bonds is 3. The Morgan fingerprint density at radius 2 is 2.39 bits per heavy atom. The molecule has 0 saturated carbocycles. The number of ether oxygens (including phenoxy) is 1. The molecule has 1 aromatic rings. The molecule has 1 N–H and O–H groups in total. The Kier molecular flexibility index (Phi) is 3.56. The maximum absolute atomic E-state index is 11.2. The van der Waals surface area contributed by atoms with Crippen LogP contribution in [-0.4, -0.2) is 47.7 Å². The zero-order valence-electron chi connectivity index (χ0n) is 10.3. The summed E-state index contributed by atoms with van der Waals surface area (Å²) in [6.45, 7) is 3.61. The minimum absolute atomic E-state index is 0.0528. The van der Waals surface area contributed by atoms with Crippen LogP contribution in [0.5, 0.6) is 0 Å². The van der Waals surface area contributed by atoms with E-state index in [4.69, 9.17) is 4.74 Å². The van der Waals surface area contributed by atoms with E-state index in [0.29, 0.717) is 25.6 Å². The second kappa shape index (κ2) is 5.13. The Bertz CT molecular complexity index is 453. The molecular weight excluding hydrogens is 238 g/mol. The molecule has 8 heteroatoms. The topological polar surface area (TPSA) is 93.4 Å². The lowest BCUT2D eigenvalue weighted by Gasteiger charge is -2.33. The SMILES string of the molecule is CNc1ncnc(N2CCOCC2C)c1[N+](=O)[O-]. The van der Waals surface area contributed by atoms with Crippen molar-refractivity contribution in [1.82, 2.24) is 9.97 Å². The lowest BCUT2D eigenvalue weighted by atomic mass is 10.2. The van der Waals surface area contributed by atoms with Crippen LogP contribution in [0.25, 0.3) is 0 Å². The third-order valence-electron chi connectivity index (χ3n) is 2.86. The van der Waals surface area contributed by atoms with Gasteiger partial charge in [0.1, 0.15) is 6.33 Å². The number of nitro groups is 1. The van der Waals surface area contributed by atoms with Gasteiger partial charge in [-0.05, 0) is 6.92 Å². The van der Waals surface area contributed by atoms with Gasteiger partial charge in [0.15, 0.2) is 0 Å². The van der Waals surface area contributed by atoms with Crippen molar-refractivity contribution in [2.24, 2.45) is 0 Å². The largest absolute Gasteiger partial charge is 0.377 e. The van der Waals surface area contributed by atoms with Crippen LogP contribution >= 0.6 is 0 Å². The summed E-state index contributed by atoms with van der Waals surface area (Å²) in [4.78, 5) is 20.5. The molecule has 1 aromatic heterocycles. The number of morpholine rings is 1. The Morgan fingerprint density at radius 3 is 3.00 bits per heavy atom. The highest BCUT2D eigenvalue weighted by molar-refractivity contribution is 5.70. The van der Waals surface area contributed by atoms with Gasteiger partial charge in [0.05, 0.1) is 24.2 Å². The molecule has 2 rings (SSSR count). The van der Waals surface area contributed by atoms with E-state index >= 15 is 0 Å². The average Bonchev–Trinajstić information content (AvgIpc) is 2.38. The Balaban J connectivity index is 2.45. The highest BCUT2D eigenvalue weighted by Crippen LogP contribution is 2.32. The fourth-order valence-electron chi connectivity index (χ4n) is 1.97. The highest BCUT2D eigenvalue weighted by atomic mass is 16.6. The first-order valence-electron chi connectivity index (χ1n) is 5.66. The predicted molar refractivity (Wildman–Crippen MR) is 65.9 cm³/mol. The van der Waals surface area contributed by atoms with Gasteiger partial charge in [-0.25, -0.2) is 9.97 Å². The smallest absolute Gasteiger partial charge is 0.353 e. The molecule has 0 amide bonds. The highest BCUT2D eigenvalue weighted by Gasteiger charge is 2.30. The van der Waals surface area contributed by atoms with Crippen molar-refractivity contribution in [3.05, 3.63) is 16.4 Å². The summed E-state index contributed by atoms with van der Waals surface area (Å²) in [5.74, 6) is 0.568. The van der Waals surface area contributed by atoms with Gasteiger partial charge in [-0.1, -0.05) is 0 Å². The minimum atomic E-state index is -0.455. The van der Waals surface area contributed by atoms with Gasteiger partial charge < -0.3 is 15.0 Å². The van der Waals surface area contributed by atoms with Crippen molar-refractivity contribution in [1.29, 1.82) is 0 Å². The molecule has 0 aliphatic carbocycles. The van der Waals surface area contributed by atoms with Gasteiger partial charge >= 0.3 is 5.69 Å². The molecule has 1 aliphatic rings. The fraction of sp³-hybridized carbons (Fsp3) is 0.600. The number of hydrogen-bond donors (Lipinski definition) is 1. The summed E-state index contributed by atoms with van der Waals surface area (Å²) in [6.07, 6.45) is 1.33. The molecule has 1 saturated heterocycles. The van der Waals surface area contributed by atoms with Crippen LogP contribution in [0, 0.1) is 10.1 Å². The molecule has 0 aromatic carbocycles. The quantitative estimate of drug-likeness (QED) is 0.624. The summed E-state index contributed by atoms with van der Waals surface area (Å²) >= 11 is 0. The van der Waals surface area contributed by atoms with Crippen LogP contribution in [0.3, 0.4) is 0 Å². The minimum Gasteiger partial charge on any atom is -0.377 e. The molecule has 1 fully saturated rings. The fourth-order valence-corrected chi connectivity index (χ4v) is 1.97. The van der Waals surface area contributed by atoms with Crippen molar-refractivity contribution in [3.8, 4) is 0 Å². The molecule has 18 heavy (non-hydrogen) atoms. The van der Waals surface area contributed by atoms with E-state index in [2.05, 4.69) is 15.3 Å². The van der Waals surface area contributed by atoms with E-state index in [1.165, 1.54) is 6.33 Å². The van der Waals surface area contributed by atoms with E-state index in [1.807, 2.05) is 11.8 Å². The number of nitrogens with zero attached hydrogens (tertiary/aromatic N) is 4. The van der Waals surface area contributed by atoms with Gasteiger partial charge in [-0.15, -0.1) is 0 Å². The van der Waals surface area contributed by atoms with Gasteiger partial charge in [0, 0.05) is 13.6 Å². The Labute approximate surface area is 104 Å². The average molecular weight is 253 g/mol. The molecule has 0 spiro atoms. The van der Waals surface area contributed by atoms with Gasteiger partial charge in [0.2, 0.25) is 11.6 Å². The third kappa shape index (κ3) is 2.19. The zero-order valence-corrected chi connectivity index (χ0v) is 10.3. The summed E-state index contributed by atoms with van der Waals surface area (Å²) < 4.78 is 5.32. The van der Waals surface area contributed by atoms with E-state index in [-0.39, 0.29) is 17.5 Å². The van der Waals surface area contributed by atoms with E-state index in [9.17, 15) is 10.1 Å². The summed E-state index contributed by atoms with van der Waals surface area (Å²) in [7, 11) is 1.60. The molecule has 1 atom stereocenters. The molecule has 8 nitrogen and oxygen atoms in total. The maximum Gasteiger partial charge on any atom is 0.353 e. The molecule has 0 radical (unpaired) electrons. The van der Waals surface area contributed by atoms with Crippen LogP contribution < -0.4 is 10.2 Å². The second-order valence-corrected chi connectivity index (χ2v) is 4.02. The van der Waals surface area contributed by atoms with Crippen LogP contribution in [0.4, 0.5) is 17.3 Å². The van der Waals surface area contributed by atoms with Crippen LogP contribution in [0.15, 0.2) is 6.33 Å². The van der Waals surface area contributed by atoms with Gasteiger partial charge in [0.25, 0.3) is 0 Å². The number of nitrogens with one attached hydrogen (secondary N) is 1. The molecule has 1 aliphatic heterocycles. The third-order valence-corrected chi connectivity index (χ3v) is 2.86. The lowest BCUT2D eigenvalue weighted by Crippen LogP contribution is -2.44. The van der Waals surface area contributed by atoms with Gasteiger partial charge in [-0.3, -0.25) is 10.1 Å². The number of hydrogen-bond acceptors (Lipinski definition) is 7. The lowest BCUT2D eigenvalue weighted by molar-refractivity contribution is -0.383.